The topological polar surface area (TPSA) is 58.4 Å². The van der Waals surface area contributed by atoms with Crippen LogP contribution in [0.1, 0.15) is 37.6 Å². The third-order valence-corrected chi connectivity index (χ3v) is 4.06. The number of nitrogen functional groups attached to an aromatic ring is 1. The van der Waals surface area contributed by atoms with E-state index in [2.05, 4.69) is 31.0 Å². The summed E-state index contributed by atoms with van der Waals surface area (Å²) >= 11 is 0. The van der Waals surface area contributed by atoms with Crippen molar-refractivity contribution in [2.45, 2.75) is 33.2 Å². The van der Waals surface area contributed by atoms with Crippen molar-refractivity contribution in [1.82, 2.24) is 10.2 Å². The van der Waals surface area contributed by atoms with Gasteiger partial charge in [0.1, 0.15) is 0 Å². The van der Waals surface area contributed by atoms with E-state index in [4.69, 9.17) is 5.73 Å². The summed E-state index contributed by atoms with van der Waals surface area (Å²) in [6.07, 6.45) is 1.30. The van der Waals surface area contributed by atoms with Gasteiger partial charge in [-0.05, 0) is 37.3 Å². The molecule has 0 spiro atoms. The van der Waals surface area contributed by atoms with Crippen molar-refractivity contribution in [3.8, 4) is 0 Å². The van der Waals surface area contributed by atoms with Crippen molar-refractivity contribution in [1.29, 1.82) is 0 Å². The van der Waals surface area contributed by atoms with Gasteiger partial charge in [-0.15, -0.1) is 24.8 Å². The fourth-order valence-electron chi connectivity index (χ4n) is 3.38. The average Bonchev–Trinajstić information content (AvgIpc) is 2.37. The summed E-state index contributed by atoms with van der Waals surface area (Å²) in [5, 5.41) is 3.05. The van der Waals surface area contributed by atoms with E-state index in [1.54, 1.807) is 12.1 Å². The van der Waals surface area contributed by atoms with E-state index in [0.717, 1.165) is 31.5 Å². The molecule has 4 nitrogen and oxygen atoms in total. The minimum atomic E-state index is -0.0845. The molecule has 1 aliphatic heterocycles. The number of benzene rings is 1. The Balaban J connectivity index is 0.00000242. The normalized spacial score (nSPS) is 22.4. The van der Waals surface area contributed by atoms with E-state index in [0.29, 0.717) is 11.3 Å². The molecule has 1 saturated heterocycles. The van der Waals surface area contributed by atoms with Crippen LogP contribution >= 0.6 is 24.8 Å². The Hall–Kier alpha value is -0.970. The average molecular weight is 362 g/mol. The molecule has 132 valence electrons. The summed E-state index contributed by atoms with van der Waals surface area (Å²) in [5.41, 5.74) is 6.94. The molecular formula is C17H29Cl2N3O. The highest BCUT2D eigenvalue weighted by Crippen LogP contribution is 2.21. The van der Waals surface area contributed by atoms with Gasteiger partial charge < -0.3 is 16.0 Å². The van der Waals surface area contributed by atoms with E-state index < -0.39 is 0 Å². The van der Waals surface area contributed by atoms with E-state index in [-0.39, 0.29) is 36.8 Å². The molecule has 0 saturated carbocycles. The maximum absolute atomic E-state index is 12.2. The zero-order chi connectivity index (χ0) is 15.4. The summed E-state index contributed by atoms with van der Waals surface area (Å²) in [4.78, 5) is 14.7. The first-order chi connectivity index (χ1) is 9.95. The molecule has 0 aliphatic carbocycles. The number of nitrogens with zero attached hydrogens (tertiary/aromatic N) is 1. The summed E-state index contributed by atoms with van der Waals surface area (Å²) in [6.45, 7) is 9.80. The number of likely N-dealkylation sites (tertiary alicyclic amines) is 1. The van der Waals surface area contributed by atoms with Crippen LogP contribution in [0.25, 0.3) is 0 Å². The second kappa shape index (κ2) is 10.0. The fourth-order valence-corrected chi connectivity index (χ4v) is 3.38. The SMILES string of the molecule is CC1CC(C)CN(CC(C)NC(=O)c2ccccc2N)C1.Cl.Cl. The van der Waals surface area contributed by atoms with Gasteiger partial charge in [0.2, 0.25) is 0 Å². The van der Waals surface area contributed by atoms with Crippen LogP contribution in [0.2, 0.25) is 0 Å². The van der Waals surface area contributed by atoms with Gasteiger partial charge in [-0.2, -0.15) is 0 Å². The fraction of sp³-hybridized carbons (Fsp3) is 0.588. The maximum Gasteiger partial charge on any atom is 0.253 e. The summed E-state index contributed by atoms with van der Waals surface area (Å²) in [7, 11) is 0. The highest BCUT2D eigenvalue weighted by atomic mass is 35.5. The number of anilines is 1. The molecule has 1 aromatic rings. The second-order valence-corrected chi connectivity index (χ2v) is 6.63. The number of hydrogen-bond acceptors (Lipinski definition) is 3. The predicted octanol–water partition coefficient (Wildman–Crippen LogP) is 3.21. The molecule has 3 atom stereocenters. The van der Waals surface area contributed by atoms with Crippen molar-refractivity contribution >= 4 is 36.4 Å². The van der Waals surface area contributed by atoms with E-state index >= 15 is 0 Å². The van der Waals surface area contributed by atoms with Crippen LogP contribution in [0.3, 0.4) is 0 Å². The molecule has 1 aliphatic rings. The number of nitrogens with two attached hydrogens (primary N) is 1. The predicted molar refractivity (Wildman–Crippen MR) is 102 cm³/mol. The Morgan fingerprint density at radius 3 is 2.39 bits per heavy atom. The van der Waals surface area contributed by atoms with Gasteiger partial charge >= 0.3 is 0 Å². The van der Waals surface area contributed by atoms with E-state index in [9.17, 15) is 4.79 Å². The lowest BCUT2D eigenvalue weighted by Crippen LogP contribution is -2.47. The van der Waals surface area contributed by atoms with E-state index in [1.165, 1.54) is 6.42 Å². The lowest BCUT2D eigenvalue weighted by Gasteiger charge is -2.36. The number of carbonyl (C=O) groups excluding carboxylic acids is 1. The van der Waals surface area contributed by atoms with Crippen LogP contribution in [0.15, 0.2) is 24.3 Å². The molecule has 6 heteroatoms. The van der Waals surface area contributed by atoms with Crippen LogP contribution in [-0.2, 0) is 0 Å². The zero-order valence-corrected chi connectivity index (χ0v) is 15.8. The largest absolute Gasteiger partial charge is 0.398 e. The molecule has 23 heavy (non-hydrogen) atoms. The van der Waals surface area contributed by atoms with Crippen molar-refractivity contribution in [3.63, 3.8) is 0 Å². The van der Waals surface area contributed by atoms with Crippen molar-refractivity contribution in [3.05, 3.63) is 29.8 Å². The summed E-state index contributed by atoms with van der Waals surface area (Å²) in [6, 6.07) is 7.32. The number of para-hydroxylation sites is 1. The Morgan fingerprint density at radius 1 is 1.26 bits per heavy atom. The number of amides is 1. The molecule has 0 aromatic heterocycles. The molecule has 2 rings (SSSR count). The Bertz CT molecular complexity index is 488. The summed E-state index contributed by atoms with van der Waals surface area (Å²) < 4.78 is 0. The van der Waals surface area contributed by atoms with Crippen molar-refractivity contribution in [2.75, 3.05) is 25.4 Å². The van der Waals surface area contributed by atoms with Gasteiger partial charge in [-0.1, -0.05) is 26.0 Å². The second-order valence-electron chi connectivity index (χ2n) is 6.63. The quantitative estimate of drug-likeness (QED) is 0.809. The van der Waals surface area contributed by atoms with Gasteiger partial charge in [0.05, 0.1) is 5.56 Å². The van der Waals surface area contributed by atoms with Crippen LogP contribution in [0.4, 0.5) is 5.69 Å². The maximum atomic E-state index is 12.2. The highest BCUT2D eigenvalue weighted by Gasteiger charge is 2.23. The molecular weight excluding hydrogens is 333 g/mol. The summed E-state index contributed by atoms with van der Waals surface area (Å²) in [5.74, 6) is 1.39. The number of nitrogens with one attached hydrogen (secondary N) is 1. The Morgan fingerprint density at radius 2 is 1.83 bits per heavy atom. The molecule has 3 N–H and O–H groups in total. The number of piperidine rings is 1. The molecule has 1 amide bonds. The number of carbonyl (C=O) groups is 1. The molecule has 3 unspecified atom stereocenters. The Labute approximate surface area is 152 Å². The van der Waals surface area contributed by atoms with E-state index in [1.807, 2.05) is 12.1 Å². The third-order valence-electron chi connectivity index (χ3n) is 4.06. The smallest absolute Gasteiger partial charge is 0.253 e. The number of halogens is 2. The molecule has 1 heterocycles. The first kappa shape index (κ1) is 22.0. The van der Waals surface area contributed by atoms with Gasteiger partial charge in [0.15, 0.2) is 0 Å². The van der Waals surface area contributed by atoms with Gasteiger partial charge in [0, 0.05) is 31.4 Å². The van der Waals surface area contributed by atoms with Crippen molar-refractivity contribution < 1.29 is 4.79 Å². The lowest BCUT2D eigenvalue weighted by atomic mass is 9.92. The first-order valence-electron chi connectivity index (χ1n) is 7.83. The molecule has 1 fully saturated rings. The highest BCUT2D eigenvalue weighted by molar-refractivity contribution is 5.99. The zero-order valence-electron chi connectivity index (χ0n) is 14.1. The van der Waals surface area contributed by atoms with Crippen LogP contribution in [0, 0.1) is 11.8 Å². The Kier molecular flexibility index (Phi) is 9.59. The number of rotatable bonds is 4. The first-order valence-corrected chi connectivity index (χ1v) is 7.83. The molecule has 1 aromatic carbocycles. The molecule has 0 radical (unpaired) electrons. The van der Waals surface area contributed by atoms with Gasteiger partial charge in [-0.25, -0.2) is 0 Å². The minimum absolute atomic E-state index is 0. The number of hydrogen-bond donors (Lipinski definition) is 2. The minimum Gasteiger partial charge on any atom is -0.398 e. The third kappa shape index (κ3) is 6.58. The van der Waals surface area contributed by atoms with Gasteiger partial charge in [-0.3, -0.25) is 4.79 Å². The van der Waals surface area contributed by atoms with Crippen LogP contribution < -0.4 is 11.1 Å². The van der Waals surface area contributed by atoms with Crippen molar-refractivity contribution in [2.24, 2.45) is 11.8 Å². The molecule has 0 bridgehead atoms. The standard InChI is InChI=1S/C17H27N3O.2ClH/c1-12-8-13(2)10-20(9-12)11-14(3)19-17(21)15-6-4-5-7-16(15)18;;/h4-7,12-14H,8-11,18H2,1-3H3,(H,19,21);2*1H. The monoisotopic (exact) mass is 361 g/mol. The van der Waals surface area contributed by atoms with Gasteiger partial charge in [0.25, 0.3) is 5.91 Å². The van der Waals surface area contributed by atoms with Crippen LogP contribution in [0.5, 0.6) is 0 Å². The van der Waals surface area contributed by atoms with Crippen LogP contribution in [-0.4, -0.2) is 36.5 Å². The lowest BCUT2D eigenvalue weighted by molar-refractivity contribution is 0.0906.